The Balaban J connectivity index is 1.72. The van der Waals surface area contributed by atoms with Gasteiger partial charge in [-0.15, -0.1) is 11.8 Å². The smallest absolute Gasteiger partial charge is 0.232 e. The van der Waals surface area contributed by atoms with E-state index < -0.39 is 0 Å². The predicted molar refractivity (Wildman–Crippen MR) is 91.4 cm³/mol. The minimum Gasteiger partial charge on any atom is -0.492 e. The number of likely N-dealkylation sites (N-methyl/N-ethyl adjacent to an activating group) is 1. The van der Waals surface area contributed by atoms with Gasteiger partial charge in [-0.2, -0.15) is 0 Å². The fraction of sp³-hybridized carbons (Fsp3) is 0.278. The lowest BCUT2D eigenvalue weighted by atomic mass is 10.2. The number of benzene rings is 2. The van der Waals surface area contributed by atoms with E-state index in [4.69, 9.17) is 4.74 Å². The molecule has 122 valence electrons. The van der Waals surface area contributed by atoms with Gasteiger partial charge in [0, 0.05) is 11.9 Å². The van der Waals surface area contributed by atoms with Crippen molar-refractivity contribution in [3.63, 3.8) is 0 Å². The molecular formula is C18H20FNO2S. The van der Waals surface area contributed by atoms with Crippen LogP contribution in [0.5, 0.6) is 5.75 Å². The molecule has 3 nitrogen and oxygen atoms in total. The third-order valence-corrected chi connectivity index (χ3v) is 4.54. The number of amides is 1. The van der Waals surface area contributed by atoms with Crippen LogP contribution in [0, 0.1) is 12.7 Å². The van der Waals surface area contributed by atoms with Crippen molar-refractivity contribution in [2.24, 2.45) is 0 Å². The van der Waals surface area contributed by atoms with Gasteiger partial charge in [-0.25, -0.2) is 4.39 Å². The van der Waals surface area contributed by atoms with E-state index in [1.165, 1.54) is 17.7 Å². The monoisotopic (exact) mass is 333 g/mol. The molecule has 5 heteroatoms. The summed E-state index contributed by atoms with van der Waals surface area (Å²) >= 11 is 1.54. The normalized spacial score (nSPS) is 10.4. The van der Waals surface area contributed by atoms with Crippen LogP contribution in [0.3, 0.4) is 0 Å². The number of rotatable bonds is 7. The molecule has 0 aliphatic rings. The van der Waals surface area contributed by atoms with Gasteiger partial charge >= 0.3 is 0 Å². The van der Waals surface area contributed by atoms with Crippen molar-refractivity contribution in [2.45, 2.75) is 11.8 Å². The second-order valence-electron chi connectivity index (χ2n) is 5.17. The predicted octanol–water partition coefficient (Wildman–Crippen LogP) is 3.76. The summed E-state index contributed by atoms with van der Waals surface area (Å²) in [6, 6.07) is 13.9. The lowest BCUT2D eigenvalue weighted by Gasteiger charge is -2.17. The van der Waals surface area contributed by atoms with Gasteiger partial charge in [-0.05, 0) is 42.8 Å². The summed E-state index contributed by atoms with van der Waals surface area (Å²) in [5, 5.41) is 0. The Bertz CT molecular complexity index is 646. The summed E-state index contributed by atoms with van der Waals surface area (Å²) in [4.78, 5) is 14.9. The van der Waals surface area contributed by atoms with Gasteiger partial charge in [0.1, 0.15) is 18.2 Å². The molecule has 0 unspecified atom stereocenters. The maximum absolute atomic E-state index is 12.8. The number of hydrogen-bond acceptors (Lipinski definition) is 3. The van der Waals surface area contributed by atoms with Crippen LogP contribution in [0.2, 0.25) is 0 Å². The summed E-state index contributed by atoms with van der Waals surface area (Å²) in [7, 11) is 1.76. The Hall–Kier alpha value is -2.01. The van der Waals surface area contributed by atoms with Crippen molar-refractivity contribution >= 4 is 17.7 Å². The maximum atomic E-state index is 12.8. The molecule has 0 N–H and O–H groups in total. The van der Waals surface area contributed by atoms with Crippen LogP contribution in [0.1, 0.15) is 5.56 Å². The van der Waals surface area contributed by atoms with Crippen LogP contribution in [-0.2, 0) is 4.79 Å². The standard InChI is InChI=1S/C18H20FNO2S/c1-14-5-3-4-6-17(14)23-13-18(21)20(2)11-12-22-16-9-7-15(19)8-10-16/h3-10H,11-13H2,1-2H3. The first-order chi connectivity index (χ1) is 11.1. The van der Waals surface area contributed by atoms with Crippen LogP contribution < -0.4 is 4.74 Å². The van der Waals surface area contributed by atoms with Gasteiger partial charge < -0.3 is 9.64 Å². The number of carbonyl (C=O) groups excluding carboxylic acids is 1. The van der Waals surface area contributed by atoms with Crippen molar-refractivity contribution < 1.29 is 13.9 Å². The van der Waals surface area contributed by atoms with E-state index in [-0.39, 0.29) is 11.7 Å². The molecule has 2 aromatic rings. The SMILES string of the molecule is Cc1ccccc1SCC(=O)N(C)CCOc1ccc(F)cc1. The Morgan fingerprint density at radius 2 is 1.87 bits per heavy atom. The van der Waals surface area contributed by atoms with Crippen LogP contribution in [0.25, 0.3) is 0 Å². The first kappa shape index (κ1) is 17.3. The number of halogens is 1. The lowest BCUT2D eigenvalue weighted by molar-refractivity contribution is -0.127. The molecule has 23 heavy (non-hydrogen) atoms. The Morgan fingerprint density at radius 3 is 2.57 bits per heavy atom. The Kier molecular flexibility index (Phi) is 6.47. The van der Waals surface area contributed by atoms with Gasteiger partial charge in [-0.1, -0.05) is 18.2 Å². The highest BCUT2D eigenvalue weighted by Gasteiger charge is 2.10. The average Bonchev–Trinajstić information content (AvgIpc) is 2.55. The molecule has 1 amide bonds. The third-order valence-electron chi connectivity index (χ3n) is 3.38. The van der Waals surface area contributed by atoms with Gasteiger partial charge in [0.25, 0.3) is 0 Å². The molecule has 0 bridgehead atoms. The van der Waals surface area contributed by atoms with Crippen LogP contribution in [0.15, 0.2) is 53.4 Å². The third kappa shape index (κ3) is 5.60. The van der Waals surface area contributed by atoms with Gasteiger partial charge in [0.05, 0.1) is 12.3 Å². The molecule has 0 aliphatic heterocycles. The highest BCUT2D eigenvalue weighted by molar-refractivity contribution is 8.00. The van der Waals surface area contributed by atoms with E-state index in [9.17, 15) is 9.18 Å². The molecule has 0 atom stereocenters. The average molecular weight is 333 g/mol. The number of hydrogen-bond donors (Lipinski definition) is 0. The molecule has 0 saturated heterocycles. The second-order valence-corrected chi connectivity index (χ2v) is 6.19. The minimum absolute atomic E-state index is 0.0564. The van der Waals surface area contributed by atoms with E-state index >= 15 is 0 Å². The molecule has 0 aromatic heterocycles. The quantitative estimate of drug-likeness (QED) is 0.723. The van der Waals surface area contributed by atoms with E-state index in [0.717, 1.165) is 4.90 Å². The van der Waals surface area contributed by atoms with Crippen LogP contribution in [0.4, 0.5) is 4.39 Å². The van der Waals surface area contributed by atoms with Crippen molar-refractivity contribution in [3.8, 4) is 5.75 Å². The maximum Gasteiger partial charge on any atom is 0.232 e. The second kappa shape index (κ2) is 8.58. The first-order valence-corrected chi connectivity index (χ1v) is 8.35. The number of aryl methyl sites for hydroxylation is 1. The summed E-state index contributed by atoms with van der Waals surface area (Å²) in [5.74, 6) is 0.762. The largest absolute Gasteiger partial charge is 0.492 e. The molecule has 2 aromatic carbocycles. The number of carbonyl (C=O) groups is 1. The molecule has 0 fully saturated rings. The summed E-state index contributed by atoms with van der Waals surface area (Å²) in [6.45, 7) is 2.90. The van der Waals surface area contributed by atoms with E-state index in [0.29, 0.717) is 24.7 Å². The van der Waals surface area contributed by atoms with E-state index in [1.807, 2.05) is 31.2 Å². The lowest BCUT2D eigenvalue weighted by Crippen LogP contribution is -2.32. The highest BCUT2D eigenvalue weighted by Crippen LogP contribution is 2.21. The zero-order chi connectivity index (χ0) is 16.7. The molecule has 0 radical (unpaired) electrons. The number of ether oxygens (including phenoxy) is 1. The summed E-state index contributed by atoms with van der Waals surface area (Å²) in [6.07, 6.45) is 0. The number of nitrogens with zero attached hydrogens (tertiary/aromatic N) is 1. The first-order valence-electron chi connectivity index (χ1n) is 7.37. The highest BCUT2D eigenvalue weighted by atomic mass is 32.2. The van der Waals surface area contributed by atoms with E-state index in [2.05, 4.69) is 0 Å². The van der Waals surface area contributed by atoms with Crippen molar-refractivity contribution in [1.29, 1.82) is 0 Å². The fourth-order valence-corrected chi connectivity index (χ4v) is 2.89. The molecule has 0 aliphatic carbocycles. The summed E-state index contributed by atoms with van der Waals surface area (Å²) in [5.41, 5.74) is 1.17. The Labute approximate surface area is 140 Å². The van der Waals surface area contributed by atoms with Crippen LogP contribution >= 0.6 is 11.8 Å². The fourth-order valence-electron chi connectivity index (χ4n) is 1.92. The molecule has 2 rings (SSSR count). The Morgan fingerprint density at radius 1 is 1.17 bits per heavy atom. The zero-order valence-electron chi connectivity index (χ0n) is 13.3. The zero-order valence-corrected chi connectivity index (χ0v) is 14.1. The molecule has 0 heterocycles. The topological polar surface area (TPSA) is 29.5 Å². The molecule has 0 saturated carbocycles. The number of thioether (sulfide) groups is 1. The molecule has 0 spiro atoms. The van der Waals surface area contributed by atoms with Gasteiger partial charge in [-0.3, -0.25) is 4.79 Å². The van der Waals surface area contributed by atoms with Crippen molar-refractivity contribution in [1.82, 2.24) is 4.90 Å². The van der Waals surface area contributed by atoms with Gasteiger partial charge in [0.2, 0.25) is 5.91 Å². The van der Waals surface area contributed by atoms with Crippen LogP contribution in [-0.4, -0.2) is 36.8 Å². The van der Waals surface area contributed by atoms with Gasteiger partial charge in [0.15, 0.2) is 0 Å². The minimum atomic E-state index is -0.294. The van der Waals surface area contributed by atoms with Crippen molar-refractivity contribution in [2.75, 3.05) is 26.0 Å². The van der Waals surface area contributed by atoms with Crippen molar-refractivity contribution in [3.05, 3.63) is 59.9 Å². The molecular weight excluding hydrogens is 313 g/mol. The summed E-state index contributed by atoms with van der Waals surface area (Å²) < 4.78 is 18.3. The van der Waals surface area contributed by atoms with E-state index in [1.54, 1.807) is 35.8 Å².